The van der Waals surface area contributed by atoms with Crippen molar-refractivity contribution < 1.29 is 4.79 Å². The Labute approximate surface area is 142 Å². The standard InChI is InChI=1S/C15H13Cl2N3OS/c1-10(22-14-7-2-3-8-18-14)15(21)20-19-9-11-12(16)5-4-6-13(11)17/h2-10H,1H3,(H,20,21)/b19-9-/t10-/m0/s1. The zero-order chi connectivity index (χ0) is 15.9. The average Bonchev–Trinajstić information content (AvgIpc) is 2.51. The van der Waals surface area contributed by atoms with Crippen LogP contribution in [0.2, 0.25) is 10.0 Å². The van der Waals surface area contributed by atoms with Crippen LogP contribution in [-0.4, -0.2) is 22.4 Å². The number of thioether (sulfide) groups is 1. The topological polar surface area (TPSA) is 54.4 Å². The second kappa shape index (κ2) is 8.17. The molecule has 2 rings (SSSR count). The summed E-state index contributed by atoms with van der Waals surface area (Å²) in [6.07, 6.45) is 3.12. The highest BCUT2D eigenvalue weighted by Crippen LogP contribution is 2.22. The Morgan fingerprint density at radius 3 is 2.64 bits per heavy atom. The molecule has 4 nitrogen and oxygen atoms in total. The molecular weight excluding hydrogens is 341 g/mol. The fourth-order valence-electron chi connectivity index (χ4n) is 1.54. The van der Waals surface area contributed by atoms with Crippen LogP contribution in [0.1, 0.15) is 12.5 Å². The number of carbonyl (C=O) groups is 1. The van der Waals surface area contributed by atoms with E-state index in [-0.39, 0.29) is 11.2 Å². The van der Waals surface area contributed by atoms with Crippen molar-refractivity contribution in [2.45, 2.75) is 17.2 Å². The fourth-order valence-corrected chi connectivity index (χ4v) is 2.83. The Balaban J connectivity index is 1.93. The Morgan fingerprint density at radius 2 is 2.00 bits per heavy atom. The van der Waals surface area contributed by atoms with Gasteiger partial charge in [-0.25, -0.2) is 10.4 Å². The van der Waals surface area contributed by atoms with Gasteiger partial charge in [0.1, 0.15) is 0 Å². The molecule has 0 unspecified atom stereocenters. The summed E-state index contributed by atoms with van der Waals surface area (Å²) in [6, 6.07) is 10.7. The quantitative estimate of drug-likeness (QED) is 0.501. The highest BCUT2D eigenvalue weighted by molar-refractivity contribution is 8.00. The molecule has 1 amide bonds. The third-order valence-corrected chi connectivity index (χ3v) is 4.38. The third-order valence-electron chi connectivity index (χ3n) is 2.67. The van der Waals surface area contributed by atoms with E-state index in [9.17, 15) is 4.79 Å². The summed E-state index contributed by atoms with van der Waals surface area (Å²) in [4.78, 5) is 16.1. The van der Waals surface area contributed by atoms with Crippen LogP contribution < -0.4 is 5.43 Å². The molecule has 22 heavy (non-hydrogen) atoms. The summed E-state index contributed by atoms with van der Waals surface area (Å²) in [7, 11) is 0. The maximum atomic E-state index is 12.0. The van der Waals surface area contributed by atoms with Crippen LogP contribution in [0, 0.1) is 0 Å². The molecule has 1 heterocycles. The van der Waals surface area contributed by atoms with Crippen LogP contribution in [0.25, 0.3) is 0 Å². The highest BCUT2D eigenvalue weighted by atomic mass is 35.5. The molecule has 0 aliphatic heterocycles. The van der Waals surface area contributed by atoms with Crippen molar-refractivity contribution in [2.24, 2.45) is 5.10 Å². The number of pyridine rings is 1. The molecular formula is C15H13Cl2N3OS. The second-order valence-electron chi connectivity index (χ2n) is 4.30. The molecule has 0 saturated carbocycles. The van der Waals surface area contributed by atoms with E-state index >= 15 is 0 Å². The van der Waals surface area contributed by atoms with Gasteiger partial charge in [0.25, 0.3) is 5.91 Å². The smallest absolute Gasteiger partial charge is 0.253 e. The predicted molar refractivity (Wildman–Crippen MR) is 91.8 cm³/mol. The van der Waals surface area contributed by atoms with Gasteiger partial charge in [-0.2, -0.15) is 5.10 Å². The first-order valence-electron chi connectivity index (χ1n) is 6.42. The van der Waals surface area contributed by atoms with Gasteiger partial charge in [-0.05, 0) is 31.2 Å². The zero-order valence-corrected chi connectivity index (χ0v) is 14.0. The summed E-state index contributed by atoms with van der Waals surface area (Å²) in [5.41, 5.74) is 3.04. The van der Waals surface area contributed by atoms with E-state index in [1.165, 1.54) is 18.0 Å². The van der Waals surface area contributed by atoms with Crippen LogP contribution in [0.4, 0.5) is 0 Å². The summed E-state index contributed by atoms with van der Waals surface area (Å²) in [5.74, 6) is -0.227. The summed E-state index contributed by atoms with van der Waals surface area (Å²) < 4.78 is 0. The van der Waals surface area contributed by atoms with Crippen LogP contribution in [0.3, 0.4) is 0 Å². The van der Waals surface area contributed by atoms with Gasteiger partial charge in [0.05, 0.1) is 26.5 Å². The molecule has 0 fully saturated rings. The lowest BCUT2D eigenvalue weighted by atomic mass is 10.2. The van der Waals surface area contributed by atoms with Gasteiger partial charge in [0.15, 0.2) is 0 Å². The minimum atomic E-state index is -0.325. The summed E-state index contributed by atoms with van der Waals surface area (Å²) in [5, 5.41) is 5.30. The number of hydrogen-bond acceptors (Lipinski definition) is 4. The first-order chi connectivity index (χ1) is 10.6. The van der Waals surface area contributed by atoms with Crippen molar-refractivity contribution in [1.29, 1.82) is 0 Å². The number of aromatic nitrogens is 1. The lowest BCUT2D eigenvalue weighted by molar-refractivity contribution is -0.120. The molecule has 1 aromatic heterocycles. The average molecular weight is 354 g/mol. The lowest BCUT2D eigenvalue weighted by Crippen LogP contribution is -2.26. The lowest BCUT2D eigenvalue weighted by Gasteiger charge is -2.08. The largest absolute Gasteiger partial charge is 0.272 e. The van der Waals surface area contributed by atoms with Gasteiger partial charge in [0.2, 0.25) is 0 Å². The van der Waals surface area contributed by atoms with Crippen molar-refractivity contribution >= 4 is 47.1 Å². The van der Waals surface area contributed by atoms with E-state index < -0.39 is 0 Å². The molecule has 0 saturated heterocycles. The van der Waals surface area contributed by atoms with Crippen LogP contribution in [0.5, 0.6) is 0 Å². The van der Waals surface area contributed by atoms with E-state index in [4.69, 9.17) is 23.2 Å². The second-order valence-corrected chi connectivity index (χ2v) is 6.47. The van der Waals surface area contributed by atoms with Gasteiger partial charge in [0, 0.05) is 11.8 Å². The monoisotopic (exact) mass is 353 g/mol. The first kappa shape index (κ1) is 16.8. The van der Waals surface area contributed by atoms with Crippen LogP contribution >= 0.6 is 35.0 Å². The zero-order valence-electron chi connectivity index (χ0n) is 11.7. The fraction of sp³-hybridized carbons (Fsp3) is 0.133. The molecule has 0 spiro atoms. The van der Waals surface area contributed by atoms with Gasteiger partial charge in [-0.3, -0.25) is 4.79 Å². The van der Waals surface area contributed by atoms with Gasteiger partial charge >= 0.3 is 0 Å². The number of nitrogens with one attached hydrogen (secondary N) is 1. The summed E-state index contributed by atoms with van der Waals surface area (Å²) >= 11 is 13.4. The van der Waals surface area contributed by atoms with Crippen molar-refractivity contribution in [3.63, 3.8) is 0 Å². The minimum absolute atomic E-state index is 0.227. The first-order valence-corrected chi connectivity index (χ1v) is 8.06. The number of carbonyl (C=O) groups excluding carboxylic acids is 1. The summed E-state index contributed by atoms with van der Waals surface area (Å²) in [6.45, 7) is 1.78. The molecule has 7 heteroatoms. The maximum absolute atomic E-state index is 12.0. The maximum Gasteiger partial charge on any atom is 0.253 e. The van der Waals surface area contributed by atoms with Crippen molar-refractivity contribution in [2.75, 3.05) is 0 Å². The van der Waals surface area contributed by atoms with Crippen molar-refractivity contribution in [3.05, 3.63) is 58.2 Å². The Bertz CT molecular complexity index is 659. The van der Waals surface area contributed by atoms with Gasteiger partial charge in [-0.15, -0.1) is 0 Å². The number of amides is 1. The highest BCUT2D eigenvalue weighted by Gasteiger charge is 2.14. The van der Waals surface area contributed by atoms with E-state index in [1.807, 2.05) is 18.2 Å². The van der Waals surface area contributed by atoms with Gasteiger partial charge in [-0.1, -0.05) is 47.1 Å². The number of hydrazone groups is 1. The molecule has 1 aromatic carbocycles. The molecule has 1 N–H and O–H groups in total. The number of rotatable bonds is 5. The van der Waals surface area contributed by atoms with Gasteiger partial charge < -0.3 is 0 Å². The third kappa shape index (κ3) is 4.73. The Morgan fingerprint density at radius 1 is 1.27 bits per heavy atom. The molecule has 0 aliphatic carbocycles. The minimum Gasteiger partial charge on any atom is -0.272 e. The predicted octanol–water partition coefficient (Wildman–Crippen LogP) is 4.02. The van der Waals surface area contributed by atoms with Crippen LogP contribution in [0.15, 0.2) is 52.7 Å². The molecule has 0 aliphatic rings. The van der Waals surface area contributed by atoms with Crippen molar-refractivity contribution in [3.8, 4) is 0 Å². The Hall–Kier alpha value is -1.56. The van der Waals surface area contributed by atoms with Crippen molar-refractivity contribution in [1.82, 2.24) is 10.4 Å². The number of benzene rings is 1. The van der Waals surface area contributed by atoms with E-state index in [1.54, 1.807) is 31.3 Å². The van der Waals surface area contributed by atoms with Crippen LogP contribution in [-0.2, 0) is 4.79 Å². The molecule has 114 valence electrons. The molecule has 0 bridgehead atoms. The molecule has 0 radical (unpaired) electrons. The van der Waals surface area contributed by atoms with E-state index in [0.29, 0.717) is 15.6 Å². The van der Waals surface area contributed by atoms with E-state index in [0.717, 1.165) is 5.03 Å². The number of hydrogen-bond donors (Lipinski definition) is 1. The Kier molecular flexibility index (Phi) is 6.24. The normalized spacial score (nSPS) is 12.3. The molecule has 1 atom stereocenters. The van der Waals surface area contributed by atoms with E-state index in [2.05, 4.69) is 15.5 Å². The SMILES string of the molecule is C[C@H](Sc1ccccn1)C(=O)N/N=C\c1c(Cl)cccc1Cl. The molecule has 2 aromatic rings. The number of nitrogens with zero attached hydrogens (tertiary/aromatic N) is 2. The number of halogens is 2.